The number of ether oxygens (including phenoxy) is 2. The molecule has 0 aromatic heterocycles. The smallest absolute Gasteiger partial charge is 0.251 e. The summed E-state index contributed by atoms with van der Waals surface area (Å²) in [6, 6.07) is 10.8. The van der Waals surface area contributed by atoms with Crippen LogP contribution < -0.4 is 19.5 Å². The lowest BCUT2D eigenvalue weighted by molar-refractivity contribution is 0.0939. The van der Waals surface area contributed by atoms with E-state index in [0.717, 1.165) is 5.56 Å². The van der Waals surface area contributed by atoms with E-state index in [1.807, 2.05) is 6.92 Å². The van der Waals surface area contributed by atoms with Crippen molar-refractivity contribution in [2.75, 3.05) is 20.8 Å². The van der Waals surface area contributed by atoms with E-state index in [0.29, 0.717) is 23.6 Å². The van der Waals surface area contributed by atoms with Crippen molar-refractivity contribution in [1.29, 1.82) is 0 Å². The van der Waals surface area contributed by atoms with Crippen molar-refractivity contribution in [1.82, 2.24) is 10.0 Å². The van der Waals surface area contributed by atoms with Crippen molar-refractivity contribution in [2.24, 2.45) is 0 Å². The van der Waals surface area contributed by atoms with Crippen LogP contribution in [-0.2, 0) is 10.0 Å². The first-order chi connectivity index (χ1) is 12.8. The second kappa shape index (κ2) is 8.88. The molecule has 0 saturated heterocycles. The Kier molecular flexibility index (Phi) is 6.81. The summed E-state index contributed by atoms with van der Waals surface area (Å²) in [5.41, 5.74) is 1.13. The molecule has 7 nitrogen and oxygen atoms in total. The fourth-order valence-corrected chi connectivity index (χ4v) is 3.64. The number of benzene rings is 2. The zero-order valence-electron chi connectivity index (χ0n) is 15.8. The lowest BCUT2D eigenvalue weighted by Crippen LogP contribution is -2.27. The van der Waals surface area contributed by atoms with E-state index in [1.165, 1.54) is 24.3 Å². The molecule has 0 aliphatic heterocycles. The highest BCUT2D eigenvalue weighted by Crippen LogP contribution is 2.29. The first-order valence-electron chi connectivity index (χ1n) is 8.45. The van der Waals surface area contributed by atoms with Gasteiger partial charge in [0.1, 0.15) is 11.5 Å². The van der Waals surface area contributed by atoms with Crippen LogP contribution in [0.5, 0.6) is 11.5 Å². The molecule has 2 aromatic rings. The van der Waals surface area contributed by atoms with Gasteiger partial charge in [0, 0.05) is 17.7 Å². The molecule has 1 amide bonds. The number of nitrogens with one attached hydrogen (secondary N) is 2. The molecule has 0 heterocycles. The average molecular weight is 392 g/mol. The molecule has 1 atom stereocenters. The number of carbonyl (C=O) groups excluding carboxylic acids is 1. The molecule has 27 heavy (non-hydrogen) atoms. The molecule has 0 spiro atoms. The van der Waals surface area contributed by atoms with Gasteiger partial charge in [0.15, 0.2) is 0 Å². The van der Waals surface area contributed by atoms with Gasteiger partial charge in [-0.1, -0.05) is 6.92 Å². The molecule has 0 bridgehead atoms. The minimum absolute atomic E-state index is 0.114. The second-order valence-electron chi connectivity index (χ2n) is 5.83. The largest absolute Gasteiger partial charge is 0.497 e. The predicted molar refractivity (Wildman–Crippen MR) is 103 cm³/mol. The first kappa shape index (κ1) is 20.7. The van der Waals surface area contributed by atoms with E-state index >= 15 is 0 Å². The number of amides is 1. The highest BCUT2D eigenvalue weighted by Gasteiger charge is 2.18. The van der Waals surface area contributed by atoms with Gasteiger partial charge in [0.05, 0.1) is 25.2 Å². The third kappa shape index (κ3) is 4.99. The van der Waals surface area contributed by atoms with Crippen LogP contribution in [0.1, 0.15) is 35.8 Å². The van der Waals surface area contributed by atoms with E-state index in [1.54, 1.807) is 39.3 Å². The first-order valence-corrected chi connectivity index (χ1v) is 9.93. The van der Waals surface area contributed by atoms with Crippen LogP contribution in [0.2, 0.25) is 0 Å². The normalized spacial score (nSPS) is 12.3. The molecule has 0 aliphatic rings. The summed E-state index contributed by atoms with van der Waals surface area (Å²) in [7, 11) is -0.422. The van der Waals surface area contributed by atoms with Crippen molar-refractivity contribution < 1.29 is 22.7 Å². The Balaban J connectivity index is 2.17. The van der Waals surface area contributed by atoms with Gasteiger partial charge >= 0.3 is 0 Å². The quantitative estimate of drug-likeness (QED) is 0.720. The van der Waals surface area contributed by atoms with Crippen LogP contribution in [0.4, 0.5) is 0 Å². The summed E-state index contributed by atoms with van der Waals surface area (Å²) in [5.74, 6) is 0.973. The Morgan fingerprint density at radius 2 is 1.74 bits per heavy atom. The van der Waals surface area contributed by atoms with E-state index < -0.39 is 10.0 Å². The maximum Gasteiger partial charge on any atom is 0.251 e. The number of hydrogen-bond donors (Lipinski definition) is 2. The topological polar surface area (TPSA) is 93.7 Å². The number of carbonyl (C=O) groups is 1. The number of hydrogen-bond acceptors (Lipinski definition) is 5. The predicted octanol–water partition coefficient (Wildman–Crippen LogP) is 2.49. The van der Waals surface area contributed by atoms with E-state index in [9.17, 15) is 13.2 Å². The van der Waals surface area contributed by atoms with Gasteiger partial charge < -0.3 is 14.8 Å². The lowest BCUT2D eigenvalue weighted by Gasteiger charge is -2.18. The highest BCUT2D eigenvalue weighted by atomic mass is 32.2. The van der Waals surface area contributed by atoms with Crippen LogP contribution in [0.3, 0.4) is 0 Å². The fourth-order valence-electron chi connectivity index (χ4n) is 2.59. The van der Waals surface area contributed by atoms with Gasteiger partial charge in [0.2, 0.25) is 10.0 Å². The molecule has 8 heteroatoms. The standard InChI is InChI=1S/C19H24N2O5S/c1-5-20-27(23,24)16-9-6-14(7-10-16)19(22)21-13(2)17-12-15(25-3)8-11-18(17)26-4/h6-13,20H,5H2,1-4H3,(H,21,22). The monoisotopic (exact) mass is 392 g/mol. The van der Waals surface area contributed by atoms with Crippen LogP contribution >= 0.6 is 0 Å². The van der Waals surface area contributed by atoms with Crippen molar-refractivity contribution >= 4 is 15.9 Å². The van der Waals surface area contributed by atoms with Crippen molar-refractivity contribution in [3.05, 3.63) is 53.6 Å². The maximum absolute atomic E-state index is 12.5. The third-order valence-electron chi connectivity index (χ3n) is 4.01. The number of rotatable bonds is 8. The molecular formula is C19H24N2O5S. The molecule has 2 aromatic carbocycles. The second-order valence-corrected chi connectivity index (χ2v) is 7.60. The zero-order chi connectivity index (χ0) is 20.0. The van der Waals surface area contributed by atoms with Crippen molar-refractivity contribution in [3.8, 4) is 11.5 Å². The molecular weight excluding hydrogens is 368 g/mol. The Morgan fingerprint density at radius 3 is 2.30 bits per heavy atom. The Hall–Kier alpha value is -2.58. The summed E-state index contributed by atoms with van der Waals surface area (Å²) in [6.45, 7) is 3.83. The summed E-state index contributed by atoms with van der Waals surface area (Å²) in [6.07, 6.45) is 0. The summed E-state index contributed by atoms with van der Waals surface area (Å²) < 4.78 is 36.9. The van der Waals surface area contributed by atoms with E-state index in [-0.39, 0.29) is 16.8 Å². The van der Waals surface area contributed by atoms with Crippen LogP contribution in [0.15, 0.2) is 47.4 Å². The zero-order valence-corrected chi connectivity index (χ0v) is 16.6. The molecule has 146 valence electrons. The van der Waals surface area contributed by atoms with E-state index in [2.05, 4.69) is 10.0 Å². The Bertz CT molecular complexity index is 895. The van der Waals surface area contributed by atoms with Gasteiger partial charge in [-0.15, -0.1) is 0 Å². The van der Waals surface area contributed by atoms with E-state index in [4.69, 9.17) is 9.47 Å². The minimum atomic E-state index is -3.55. The molecule has 0 fully saturated rings. The number of methoxy groups -OCH3 is 2. The summed E-state index contributed by atoms with van der Waals surface area (Å²) >= 11 is 0. The van der Waals surface area contributed by atoms with Gasteiger partial charge in [-0.3, -0.25) is 4.79 Å². The fraction of sp³-hybridized carbons (Fsp3) is 0.316. The molecule has 0 radical (unpaired) electrons. The lowest BCUT2D eigenvalue weighted by atomic mass is 10.1. The van der Waals surface area contributed by atoms with Gasteiger partial charge in [-0.2, -0.15) is 0 Å². The highest BCUT2D eigenvalue weighted by molar-refractivity contribution is 7.89. The number of sulfonamides is 1. The van der Waals surface area contributed by atoms with Gasteiger partial charge in [-0.05, 0) is 49.4 Å². The SMILES string of the molecule is CCNS(=O)(=O)c1ccc(C(=O)NC(C)c2cc(OC)ccc2OC)cc1. The average Bonchev–Trinajstić information content (AvgIpc) is 2.67. The van der Waals surface area contributed by atoms with Gasteiger partial charge in [0.25, 0.3) is 5.91 Å². The minimum Gasteiger partial charge on any atom is -0.497 e. The third-order valence-corrected chi connectivity index (χ3v) is 5.57. The van der Waals surface area contributed by atoms with Crippen LogP contribution in [0.25, 0.3) is 0 Å². The van der Waals surface area contributed by atoms with Crippen molar-refractivity contribution in [3.63, 3.8) is 0 Å². The molecule has 0 aliphatic carbocycles. The Labute approximate surface area is 159 Å². The van der Waals surface area contributed by atoms with Gasteiger partial charge in [-0.25, -0.2) is 13.1 Å². The summed E-state index contributed by atoms with van der Waals surface area (Å²) in [5, 5.41) is 2.88. The molecule has 2 N–H and O–H groups in total. The molecule has 0 saturated carbocycles. The van der Waals surface area contributed by atoms with Crippen LogP contribution in [0, 0.1) is 0 Å². The summed E-state index contributed by atoms with van der Waals surface area (Å²) in [4.78, 5) is 12.6. The maximum atomic E-state index is 12.5. The van der Waals surface area contributed by atoms with Crippen LogP contribution in [-0.4, -0.2) is 35.1 Å². The molecule has 1 unspecified atom stereocenters. The Morgan fingerprint density at radius 1 is 1.07 bits per heavy atom. The molecule has 2 rings (SSSR count). The van der Waals surface area contributed by atoms with Crippen molar-refractivity contribution in [2.45, 2.75) is 24.8 Å².